The number of aryl methyl sites for hydroxylation is 1. The fourth-order valence-electron chi connectivity index (χ4n) is 2.86. The van der Waals surface area contributed by atoms with Crippen LogP contribution in [-0.4, -0.2) is 16.8 Å². The van der Waals surface area contributed by atoms with Gasteiger partial charge in [0.05, 0.1) is 10.2 Å². The molecule has 27 heavy (non-hydrogen) atoms. The number of carbonyl (C=O) groups is 2. The summed E-state index contributed by atoms with van der Waals surface area (Å²) < 4.78 is 1.05. The minimum absolute atomic E-state index is 0.00986. The maximum Gasteiger partial charge on any atom is 0.257 e. The van der Waals surface area contributed by atoms with Gasteiger partial charge in [-0.3, -0.25) is 14.9 Å². The van der Waals surface area contributed by atoms with E-state index in [-0.39, 0.29) is 17.7 Å². The zero-order valence-corrected chi connectivity index (χ0v) is 16.5. The standard InChI is InChI=1S/C21H23N3O2S/c1-4-14(5-2)19(25)22-16-9-7-15(8-10-16)20(26)24-21-23-17-11-6-13(3)12-18(17)27-21/h6-12,14H,4-5H2,1-3H3,(H,22,25)(H,23,24,26). The minimum Gasteiger partial charge on any atom is -0.326 e. The van der Waals surface area contributed by atoms with Crippen LogP contribution in [0.25, 0.3) is 10.2 Å². The van der Waals surface area contributed by atoms with Crippen molar-refractivity contribution in [3.8, 4) is 0 Å². The van der Waals surface area contributed by atoms with Crippen LogP contribution in [-0.2, 0) is 4.79 Å². The lowest BCUT2D eigenvalue weighted by Crippen LogP contribution is -2.21. The van der Waals surface area contributed by atoms with E-state index < -0.39 is 0 Å². The maximum atomic E-state index is 12.5. The molecule has 0 spiro atoms. The van der Waals surface area contributed by atoms with Gasteiger partial charge in [-0.05, 0) is 61.7 Å². The van der Waals surface area contributed by atoms with E-state index in [0.717, 1.165) is 28.6 Å². The lowest BCUT2D eigenvalue weighted by atomic mass is 10.0. The molecule has 0 unspecified atom stereocenters. The zero-order valence-electron chi connectivity index (χ0n) is 15.7. The molecule has 6 heteroatoms. The van der Waals surface area contributed by atoms with Gasteiger partial charge in [-0.25, -0.2) is 4.98 Å². The average Bonchev–Trinajstić information content (AvgIpc) is 3.04. The summed E-state index contributed by atoms with van der Waals surface area (Å²) in [7, 11) is 0. The molecular formula is C21H23N3O2S. The van der Waals surface area contributed by atoms with Crippen LogP contribution in [0, 0.1) is 12.8 Å². The number of amides is 2. The number of nitrogens with one attached hydrogen (secondary N) is 2. The van der Waals surface area contributed by atoms with Crippen molar-refractivity contribution >= 4 is 44.2 Å². The monoisotopic (exact) mass is 381 g/mol. The van der Waals surface area contributed by atoms with E-state index >= 15 is 0 Å². The highest BCUT2D eigenvalue weighted by Crippen LogP contribution is 2.27. The van der Waals surface area contributed by atoms with E-state index in [1.54, 1.807) is 24.3 Å². The summed E-state index contributed by atoms with van der Waals surface area (Å²) in [4.78, 5) is 29.1. The summed E-state index contributed by atoms with van der Waals surface area (Å²) in [5.41, 5.74) is 3.25. The molecular weight excluding hydrogens is 358 g/mol. The molecule has 0 radical (unpaired) electrons. The van der Waals surface area contributed by atoms with Crippen molar-refractivity contribution < 1.29 is 9.59 Å². The number of nitrogens with zero attached hydrogens (tertiary/aromatic N) is 1. The molecule has 0 saturated heterocycles. The Kier molecular flexibility index (Phi) is 5.86. The largest absolute Gasteiger partial charge is 0.326 e. The number of thiazole rings is 1. The Morgan fingerprint density at radius 3 is 2.41 bits per heavy atom. The molecule has 2 N–H and O–H groups in total. The number of anilines is 2. The van der Waals surface area contributed by atoms with Gasteiger partial charge >= 0.3 is 0 Å². The highest BCUT2D eigenvalue weighted by atomic mass is 32.1. The van der Waals surface area contributed by atoms with Gasteiger partial charge < -0.3 is 5.32 Å². The van der Waals surface area contributed by atoms with Gasteiger partial charge in [-0.1, -0.05) is 31.3 Å². The molecule has 140 valence electrons. The molecule has 3 aromatic rings. The van der Waals surface area contributed by atoms with Gasteiger partial charge in [-0.15, -0.1) is 0 Å². The van der Waals surface area contributed by atoms with Crippen molar-refractivity contribution in [2.75, 3.05) is 10.6 Å². The fourth-order valence-corrected chi connectivity index (χ4v) is 3.82. The van der Waals surface area contributed by atoms with Crippen LogP contribution in [0.2, 0.25) is 0 Å². The number of hydrogen-bond donors (Lipinski definition) is 2. The summed E-state index contributed by atoms with van der Waals surface area (Å²) in [6.07, 6.45) is 1.62. The highest BCUT2D eigenvalue weighted by molar-refractivity contribution is 7.22. The van der Waals surface area contributed by atoms with E-state index in [2.05, 4.69) is 21.7 Å². The summed E-state index contributed by atoms with van der Waals surface area (Å²) in [5.74, 6) is -0.193. The number of hydrogen-bond acceptors (Lipinski definition) is 4. The molecule has 2 amide bonds. The molecule has 0 saturated carbocycles. The zero-order chi connectivity index (χ0) is 19.4. The molecule has 1 heterocycles. The predicted octanol–water partition coefficient (Wildman–Crippen LogP) is 5.23. The Morgan fingerprint density at radius 2 is 1.74 bits per heavy atom. The lowest BCUT2D eigenvalue weighted by molar-refractivity contribution is -0.120. The molecule has 0 fully saturated rings. The maximum absolute atomic E-state index is 12.5. The number of aromatic nitrogens is 1. The van der Waals surface area contributed by atoms with E-state index in [0.29, 0.717) is 16.4 Å². The van der Waals surface area contributed by atoms with Crippen molar-refractivity contribution in [2.24, 2.45) is 5.92 Å². The van der Waals surface area contributed by atoms with Gasteiger partial charge in [0.15, 0.2) is 5.13 Å². The molecule has 1 aromatic heterocycles. The molecule has 0 bridgehead atoms. The number of rotatable bonds is 6. The third-order valence-electron chi connectivity index (χ3n) is 4.54. The average molecular weight is 382 g/mol. The molecule has 5 nitrogen and oxygen atoms in total. The first-order valence-electron chi connectivity index (χ1n) is 9.09. The summed E-state index contributed by atoms with van der Waals surface area (Å²) in [5, 5.41) is 6.32. The van der Waals surface area contributed by atoms with Crippen LogP contribution >= 0.6 is 11.3 Å². The number of fused-ring (bicyclic) bond motifs is 1. The third-order valence-corrected chi connectivity index (χ3v) is 5.47. The lowest BCUT2D eigenvalue weighted by Gasteiger charge is -2.13. The van der Waals surface area contributed by atoms with Crippen LogP contribution in [0.1, 0.15) is 42.6 Å². The molecule has 0 aliphatic carbocycles. The number of benzene rings is 2. The Morgan fingerprint density at radius 1 is 1.04 bits per heavy atom. The minimum atomic E-state index is -0.219. The van der Waals surface area contributed by atoms with Crippen molar-refractivity contribution in [1.82, 2.24) is 4.98 Å². The van der Waals surface area contributed by atoms with E-state index in [1.165, 1.54) is 11.3 Å². The van der Waals surface area contributed by atoms with Crippen LogP contribution in [0.5, 0.6) is 0 Å². The van der Waals surface area contributed by atoms with Gasteiger partial charge in [0.2, 0.25) is 5.91 Å². The van der Waals surface area contributed by atoms with Crippen molar-refractivity contribution in [2.45, 2.75) is 33.6 Å². The smallest absolute Gasteiger partial charge is 0.257 e. The Hall–Kier alpha value is -2.73. The van der Waals surface area contributed by atoms with Gasteiger partial charge in [0, 0.05) is 17.2 Å². The van der Waals surface area contributed by atoms with Crippen molar-refractivity contribution in [1.29, 1.82) is 0 Å². The highest BCUT2D eigenvalue weighted by Gasteiger charge is 2.15. The van der Waals surface area contributed by atoms with Gasteiger partial charge in [0.1, 0.15) is 0 Å². The topological polar surface area (TPSA) is 71.1 Å². The first-order chi connectivity index (χ1) is 13.0. The molecule has 0 aliphatic heterocycles. The van der Waals surface area contributed by atoms with E-state index in [4.69, 9.17) is 0 Å². The second-order valence-electron chi connectivity index (χ2n) is 6.52. The second kappa shape index (κ2) is 8.31. The SMILES string of the molecule is CCC(CC)C(=O)Nc1ccc(C(=O)Nc2nc3ccc(C)cc3s2)cc1. The fraction of sp³-hybridized carbons (Fsp3) is 0.286. The van der Waals surface area contributed by atoms with Gasteiger partial charge in [0.25, 0.3) is 5.91 Å². The second-order valence-corrected chi connectivity index (χ2v) is 7.55. The number of carbonyl (C=O) groups excluding carboxylic acids is 2. The summed E-state index contributed by atoms with van der Waals surface area (Å²) >= 11 is 1.45. The Balaban J connectivity index is 1.67. The van der Waals surface area contributed by atoms with Crippen LogP contribution in [0.3, 0.4) is 0 Å². The quantitative estimate of drug-likeness (QED) is 0.614. The predicted molar refractivity (Wildman–Crippen MR) is 111 cm³/mol. The van der Waals surface area contributed by atoms with Crippen LogP contribution in [0.15, 0.2) is 42.5 Å². The molecule has 0 aliphatic rings. The van der Waals surface area contributed by atoms with E-state index in [9.17, 15) is 9.59 Å². The van der Waals surface area contributed by atoms with E-state index in [1.807, 2.05) is 32.9 Å². The Labute approximate surface area is 162 Å². The van der Waals surface area contributed by atoms with Crippen LogP contribution < -0.4 is 10.6 Å². The normalized spacial score (nSPS) is 11.0. The molecule has 3 rings (SSSR count). The summed E-state index contributed by atoms with van der Waals surface area (Å²) in [6, 6.07) is 12.9. The first-order valence-corrected chi connectivity index (χ1v) is 9.91. The van der Waals surface area contributed by atoms with Crippen molar-refractivity contribution in [3.05, 3.63) is 53.6 Å². The Bertz CT molecular complexity index is 959. The molecule has 0 atom stereocenters. The summed E-state index contributed by atoms with van der Waals surface area (Å²) in [6.45, 7) is 6.04. The first kappa shape index (κ1) is 19.0. The molecule has 2 aromatic carbocycles. The van der Waals surface area contributed by atoms with Crippen molar-refractivity contribution in [3.63, 3.8) is 0 Å². The van der Waals surface area contributed by atoms with Crippen LogP contribution in [0.4, 0.5) is 10.8 Å². The third kappa shape index (κ3) is 4.52. The van der Waals surface area contributed by atoms with Gasteiger partial charge in [-0.2, -0.15) is 0 Å².